The van der Waals surface area contributed by atoms with Gasteiger partial charge in [-0.05, 0) is 37.0 Å². The summed E-state index contributed by atoms with van der Waals surface area (Å²) in [5.74, 6) is 6.53. The second-order valence-electron chi connectivity index (χ2n) is 5.64. The molecule has 0 aromatic heterocycles. The molecule has 1 aliphatic rings. The maximum absolute atomic E-state index is 11.9. The number of carbonyl (C=O) groups is 1. The first-order valence-corrected chi connectivity index (χ1v) is 8.21. The van der Waals surface area contributed by atoms with Crippen molar-refractivity contribution in [3.8, 4) is 11.8 Å². The van der Waals surface area contributed by atoms with Crippen LogP contribution in [-0.4, -0.2) is 24.8 Å². The number of hydrogen-bond acceptors (Lipinski definition) is 3. The Balaban J connectivity index is 2.30. The Labute approximate surface area is 142 Å². The molecule has 3 nitrogen and oxygen atoms in total. The van der Waals surface area contributed by atoms with E-state index in [1.165, 1.54) is 38.9 Å². The van der Waals surface area contributed by atoms with Crippen molar-refractivity contribution in [2.24, 2.45) is 5.92 Å². The number of benzene rings is 1. The lowest BCUT2D eigenvalue weighted by Gasteiger charge is -2.09. The molecule has 4 heteroatoms. The van der Waals surface area contributed by atoms with E-state index in [1.807, 2.05) is 0 Å². The number of carbonyl (C=O) groups excluding carboxylic acids is 1. The van der Waals surface area contributed by atoms with E-state index in [0.717, 1.165) is 6.42 Å². The van der Waals surface area contributed by atoms with Crippen LogP contribution < -0.4 is 0 Å². The first-order valence-electron chi connectivity index (χ1n) is 7.83. The molecular weight excluding hydrogens is 312 g/mol. The highest BCUT2D eigenvalue weighted by atomic mass is 35.5. The maximum atomic E-state index is 11.9. The van der Waals surface area contributed by atoms with Crippen molar-refractivity contribution in [1.29, 1.82) is 0 Å². The number of ether oxygens (including phenoxy) is 1. The molecule has 1 aromatic carbocycles. The van der Waals surface area contributed by atoms with Crippen molar-refractivity contribution >= 4 is 23.1 Å². The fraction of sp³-hybridized carbons (Fsp3) is 0.421. The minimum absolute atomic E-state index is 0.248. The van der Waals surface area contributed by atoms with E-state index in [-0.39, 0.29) is 6.61 Å². The molecule has 1 aliphatic carbocycles. The fourth-order valence-corrected chi connectivity index (χ4v) is 3.04. The summed E-state index contributed by atoms with van der Waals surface area (Å²) in [7, 11) is 1.31. The lowest BCUT2D eigenvalue weighted by Crippen LogP contribution is -2.06. The van der Waals surface area contributed by atoms with Crippen molar-refractivity contribution in [2.45, 2.75) is 32.1 Å². The van der Waals surface area contributed by atoms with Gasteiger partial charge in [-0.2, -0.15) is 0 Å². The highest BCUT2D eigenvalue weighted by molar-refractivity contribution is 6.31. The van der Waals surface area contributed by atoms with Crippen LogP contribution >= 0.6 is 11.6 Å². The summed E-state index contributed by atoms with van der Waals surface area (Å²) >= 11 is 6.07. The highest BCUT2D eigenvalue weighted by Gasteiger charge is 2.16. The summed E-state index contributed by atoms with van der Waals surface area (Å²) in [4.78, 5) is 11.9. The Bertz CT molecular complexity index is 646. The van der Waals surface area contributed by atoms with E-state index in [2.05, 4.69) is 11.8 Å². The lowest BCUT2D eigenvalue weighted by molar-refractivity contribution is -0.133. The number of methoxy groups -OCH3 is 1. The molecule has 0 amide bonds. The van der Waals surface area contributed by atoms with Crippen LogP contribution in [0, 0.1) is 17.8 Å². The molecular formula is C19H21ClO3. The molecule has 1 fully saturated rings. The summed E-state index contributed by atoms with van der Waals surface area (Å²) in [5.41, 5.74) is 1.62. The maximum Gasteiger partial charge on any atom is 0.338 e. The molecule has 2 rings (SSSR count). The molecule has 122 valence electrons. The van der Waals surface area contributed by atoms with Crippen LogP contribution in [0.15, 0.2) is 24.3 Å². The molecule has 0 atom stereocenters. The van der Waals surface area contributed by atoms with E-state index in [9.17, 15) is 4.79 Å². The van der Waals surface area contributed by atoms with E-state index in [4.69, 9.17) is 21.4 Å². The molecule has 0 aliphatic heterocycles. The molecule has 1 saturated carbocycles. The molecule has 23 heavy (non-hydrogen) atoms. The van der Waals surface area contributed by atoms with Gasteiger partial charge >= 0.3 is 5.97 Å². The van der Waals surface area contributed by atoms with E-state index in [1.54, 1.807) is 18.2 Å². The minimum Gasteiger partial charge on any atom is -0.465 e. The number of halogens is 1. The van der Waals surface area contributed by atoms with Gasteiger partial charge in [0.1, 0.15) is 0 Å². The fourth-order valence-electron chi connectivity index (χ4n) is 2.86. The van der Waals surface area contributed by atoms with Crippen LogP contribution in [0.2, 0.25) is 5.02 Å². The second-order valence-corrected chi connectivity index (χ2v) is 6.07. The van der Waals surface area contributed by atoms with Gasteiger partial charge in [0.2, 0.25) is 0 Å². The highest BCUT2D eigenvalue weighted by Crippen LogP contribution is 2.27. The topological polar surface area (TPSA) is 46.5 Å². The van der Waals surface area contributed by atoms with Crippen molar-refractivity contribution in [2.75, 3.05) is 13.7 Å². The van der Waals surface area contributed by atoms with Gasteiger partial charge in [0, 0.05) is 22.6 Å². The average molecular weight is 333 g/mol. The third kappa shape index (κ3) is 4.86. The Kier molecular flexibility index (Phi) is 6.70. The van der Waals surface area contributed by atoms with Crippen molar-refractivity contribution in [3.05, 3.63) is 40.4 Å². The minimum atomic E-state index is -0.500. The number of aliphatic hydroxyl groups is 1. The van der Waals surface area contributed by atoms with Crippen LogP contribution in [0.5, 0.6) is 0 Å². The summed E-state index contributed by atoms with van der Waals surface area (Å²) in [6.07, 6.45) is 7.37. The first-order chi connectivity index (χ1) is 11.2. The number of esters is 1. The van der Waals surface area contributed by atoms with Gasteiger partial charge in [-0.3, -0.25) is 0 Å². The van der Waals surface area contributed by atoms with Gasteiger partial charge in [0.05, 0.1) is 19.3 Å². The standard InChI is InChI=1S/C19H21ClO3/c1-23-19(22)18(11-12-21)17-10-9-16(20)13-15(17)8-4-7-14-5-2-3-6-14/h9-11,13-14,21H,2-3,5-7,12H2,1H3/b18-11+. The van der Waals surface area contributed by atoms with Crippen LogP contribution in [-0.2, 0) is 9.53 Å². The Morgan fingerprint density at radius 2 is 2.17 bits per heavy atom. The zero-order valence-corrected chi connectivity index (χ0v) is 14.0. The zero-order chi connectivity index (χ0) is 16.7. The Morgan fingerprint density at radius 3 is 2.83 bits per heavy atom. The normalized spacial score (nSPS) is 15.2. The first kappa shape index (κ1) is 17.6. The molecule has 0 saturated heterocycles. The third-order valence-corrected chi connectivity index (χ3v) is 4.30. The van der Waals surface area contributed by atoms with Crippen LogP contribution in [0.4, 0.5) is 0 Å². The Hall–Kier alpha value is -1.76. The van der Waals surface area contributed by atoms with Gasteiger partial charge in [-0.1, -0.05) is 42.3 Å². The number of aliphatic hydroxyl groups excluding tert-OH is 1. The van der Waals surface area contributed by atoms with Gasteiger partial charge < -0.3 is 9.84 Å². The third-order valence-electron chi connectivity index (χ3n) is 4.06. The quantitative estimate of drug-likeness (QED) is 0.518. The van der Waals surface area contributed by atoms with Crippen LogP contribution in [0.3, 0.4) is 0 Å². The van der Waals surface area contributed by atoms with Gasteiger partial charge in [-0.15, -0.1) is 0 Å². The number of rotatable bonds is 4. The smallest absolute Gasteiger partial charge is 0.338 e. The average Bonchev–Trinajstić information content (AvgIpc) is 3.06. The lowest BCUT2D eigenvalue weighted by atomic mass is 9.98. The van der Waals surface area contributed by atoms with Gasteiger partial charge in [0.25, 0.3) is 0 Å². The summed E-state index contributed by atoms with van der Waals surface area (Å²) in [6.45, 7) is -0.248. The molecule has 0 unspecified atom stereocenters. The molecule has 1 aromatic rings. The van der Waals surface area contributed by atoms with Crippen molar-refractivity contribution in [1.82, 2.24) is 0 Å². The monoisotopic (exact) mass is 332 g/mol. The molecule has 0 heterocycles. The van der Waals surface area contributed by atoms with Gasteiger partial charge in [-0.25, -0.2) is 4.79 Å². The van der Waals surface area contributed by atoms with Crippen molar-refractivity contribution < 1.29 is 14.6 Å². The number of hydrogen-bond donors (Lipinski definition) is 1. The summed E-state index contributed by atoms with van der Waals surface area (Å²) in [6, 6.07) is 5.18. The van der Waals surface area contributed by atoms with Crippen molar-refractivity contribution in [3.63, 3.8) is 0 Å². The molecule has 0 radical (unpaired) electrons. The molecule has 0 spiro atoms. The van der Waals surface area contributed by atoms with E-state index < -0.39 is 5.97 Å². The predicted molar refractivity (Wildman–Crippen MR) is 92.0 cm³/mol. The summed E-state index contributed by atoms with van der Waals surface area (Å²) < 4.78 is 4.79. The molecule has 0 bridgehead atoms. The van der Waals surface area contributed by atoms with E-state index in [0.29, 0.717) is 27.6 Å². The van der Waals surface area contributed by atoms with Crippen LogP contribution in [0.25, 0.3) is 5.57 Å². The SMILES string of the molecule is COC(=O)/C(=C/CO)c1ccc(Cl)cc1C#CCC1CCCC1. The zero-order valence-electron chi connectivity index (χ0n) is 13.3. The molecule has 1 N–H and O–H groups in total. The predicted octanol–water partition coefficient (Wildman–Crippen LogP) is 3.82. The largest absolute Gasteiger partial charge is 0.465 e. The van der Waals surface area contributed by atoms with Crippen LogP contribution in [0.1, 0.15) is 43.2 Å². The van der Waals surface area contributed by atoms with Gasteiger partial charge in [0.15, 0.2) is 0 Å². The Morgan fingerprint density at radius 1 is 1.43 bits per heavy atom. The second kappa shape index (κ2) is 8.76. The van der Waals surface area contributed by atoms with E-state index >= 15 is 0 Å². The summed E-state index contributed by atoms with van der Waals surface area (Å²) in [5, 5.41) is 9.72.